The Balaban J connectivity index is 1.63. The van der Waals surface area contributed by atoms with Gasteiger partial charge in [0.15, 0.2) is 0 Å². The van der Waals surface area contributed by atoms with Crippen molar-refractivity contribution in [1.82, 2.24) is 24.2 Å². The molecule has 1 saturated heterocycles. The van der Waals surface area contributed by atoms with Gasteiger partial charge in [-0.3, -0.25) is 4.79 Å². The van der Waals surface area contributed by atoms with Crippen molar-refractivity contribution in [2.45, 2.75) is 32.4 Å². The van der Waals surface area contributed by atoms with Crippen molar-refractivity contribution >= 4 is 56.8 Å². The summed E-state index contributed by atoms with van der Waals surface area (Å²) in [6, 6.07) is 2.12. The number of hydrogen-bond acceptors (Lipinski definition) is 7. The van der Waals surface area contributed by atoms with E-state index in [1.807, 2.05) is 19.9 Å². The van der Waals surface area contributed by atoms with Crippen LogP contribution in [0.25, 0.3) is 11.0 Å². The van der Waals surface area contributed by atoms with Crippen LogP contribution in [-0.4, -0.2) is 48.8 Å². The zero-order valence-corrected chi connectivity index (χ0v) is 17.1. The number of carbonyl (C=O) groups excluding carboxylic acids is 1. The van der Waals surface area contributed by atoms with E-state index in [1.165, 1.54) is 17.6 Å². The van der Waals surface area contributed by atoms with Gasteiger partial charge in [0, 0.05) is 24.8 Å². The van der Waals surface area contributed by atoms with Crippen LogP contribution >= 0.6 is 23.1 Å². The van der Waals surface area contributed by atoms with Gasteiger partial charge in [0.2, 0.25) is 11.9 Å². The van der Waals surface area contributed by atoms with Crippen molar-refractivity contribution in [3.8, 4) is 0 Å². The highest BCUT2D eigenvalue weighted by atomic mass is 35.5. The molecule has 1 aliphatic rings. The molecular formula is C18H20ClN7OS. The number of aryl methyl sites for hydroxylation is 1. The predicted molar refractivity (Wildman–Crippen MR) is 112 cm³/mol. The Hall–Kier alpha value is -2.65. The normalized spacial score (nSPS) is 19.2. The van der Waals surface area contributed by atoms with E-state index in [-0.39, 0.29) is 18.0 Å². The Bertz CT molecular complexity index is 1050. The summed E-state index contributed by atoms with van der Waals surface area (Å²) < 4.78 is 4.26. The van der Waals surface area contributed by atoms with Crippen LogP contribution in [0.15, 0.2) is 24.9 Å². The largest absolute Gasteiger partial charge is 0.365 e. The highest BCUT2D eigenvalue weighted by Gasteiger charge is 2.32. The lowest BCUT2D eigenvalue weighted by molar-refractivity contribution is -0.126. The molecule has 0 spiro atoms. The van der Waals surface area contributed by atoms with Gasteiger partial charge in [-0.05, 0) is 43.9 Å². The number of anilines is 3. The molecule has 2 atom stereocenters. The van der Waals surface area contributed by atoms with Crippen LogP contribution in [0, 0.1) is 6.92 Å². The van der Waals surface area contributed by atoms with E-state index in [0.29, 0.717) is 29.0 Å². The fourth-order valence-electron chi connectivity index (χ4n) is 3.44. The molecule has 0 bridgehead atoms. The lowest BCUT2D eigenvalue weighted by Gasteiger charge is -2.19. The maximum Gasteiger partial charge on any atom is 0.246 e. The Morgan fingerprint density at radius 2 is 2.32 bits per heavy atom. The van der Waals surface area contributed by atoms with Crippen LogP contribution in [0.3, 0.4) is 0 Å². The maximum absolute atomic E-state index is 12.0. The summed E-state index contributed by atoms with van der Waals surface area (Å²) in [5.41, 5.74) is 1.57. The molecule has 8 nitrogen and oxygen atoms in total. The van der Waals surface area contributed by atoms with Gasteiger partial charge in [-0.2, -0.15) is 14.3 Å². The molecule has 1 fully saturated rings. The van der Waals surface area contributed by atoms with Gasteiger partial charge in [-0.25, -0.2) is 0 Å². The molecule has 3 aromatic rings. The van der Waals surface area contributed by atoms with Crippen molar-refractivity contribution < 1.29 is 4.79 Å². The first-order valence-corrected chi connectivity index (χ1v) is 10.0. The second-order valence-corrected chi connectivity index (χ2v) is 8.05. The van der Waals surface area contributed by atoms with Crippen LogP contribution in [-0.2, 0) is 4.79 Å². The summed E-state index contributed by atoms with van der Waals surface area (Å²) in [6.07, 6.45) is 3.85. The van der Waals surface area contributed by atoms with Crippen LogP contribution in [0.2, 0.25) is 5.02 Å². The highest BCUT2D eigenvalue weighted by molar-refractivity contribution is 7.10. The fraction of sp³-hybridized carbons (Fsp3) is 0.333. The monoisotopic (exact) mass is 417 g/mol. The summed E-state index contributed by atoms with van der Waals surface area (Å²) in [6.45, 7) is 8.12. The topological polar surface area (TPSA) is 98.8 Å². The molecule has 3 aromatic heterocycles. The minimum atomic E-state index is -0.0627. The van der Waals surface area contributed by atoms with Crippen molar-refractivity contribution in [2.24, 2.45) is 0 Å². The summed E-state index contributed by atoms with van der Waals surface area (Å²) in [5.74, 6) is 1.01. The lowest BCUT2D eigenvalue weighted by atomic mass is 10.2. The molecular weight excluding hydrogens is 398 g/mol. The SMILES string of the molecule is C=CC(=O)N1C[C@H](Nc2nc(Nc3cc(C)ns3)nc3[nH]cc(Cl)c23)C[C@@H]1C. The van der Waals surface area contributed by atoms with Gasteiger partial charge in [-0.1, -0.05) is 18.2 Å². The number of aromatic amines is 1. The third-order valence-corrected chi connectivity index (χ3v) is 5.81. The number of halogens is 1. The van der Waals surface area contributed by atoms with E-state index in [4.69, 9.17) is 11.6 Å². The zero-order valence-electron chi connectivity index (χ0n) is 15.5. The average molecular weight is 418 g/mol. The second-order valence-electron chi connectivity index (χ2n) is 6.83. The number of likely N-dealkylation sites (tertiary alicyclic amines) is 1. The number of carbonyl (C=O) groups is 1. The molecule has 4 rings (SSSR count). The van der Waals surface area contributed by atoms with Gasteiger partial charge in [0.25, 0.3) is 0 Å². The Kier molecular flexibility index (Phi) is 4.94. The smallest absolute Gasteiger partial charge is 0.246 e. The molecule has 0 unspecified atom stereocenters. The number of nitrogens with one attached hydrogen (secondary N) is 3. The molecule has 0 aliphatic carbocycles. The van der Waals surface area contributed by atoms with Crippen molar-refractivity contribution in [3.63, 3.8) is 0 Å². The number of aromatic nitrogens is 4. The Morgan fingerprint density at radius 1 is 1.50 bits per heavy atom. The number of H-pyrrole nitrogens is 1. The van der Waals surface area contributed by atoms with E-state index >= 15 is 0 Å². The van der Waals surface area contributed by atoms with E-state index in [9.17, 15) is 4.79 Å². The third-order valence-electron chi connectivity index (χ3n) is 4.72. The van der Waals surface area contributed by atoms with Crippen molar-refractivity contribution in [1.29, 1.82) is 0 Å². The fourth-order valence-corrected chi connectivity index (χ4v) is 4.33. The van der Waals surface area contributed by atoms with Crippen LogP contribution < -0.4 is 10.6 Å². The van der Waals surface area contributed by atoms with Crippen molar-refractivity contribution in [2.75, 3.05) is 17.2 Å². The van der Waals surface area contributed by atoms with Crippen molar-refractivity contribution in [3.05, 3.63) is 35.6 Å². The van der Waals surface area contributed by atoms with Gasteiger partial charge in [0.05, 0.1) is 16.1 Å². The first-order chi connectivity index (χ1) is 13.4. The van der Waals surface area contributed by atoms with Gasteiger partial charge in [-0.15, -0.1) is 0 Å². The first-order valence-electron chi connectivity index (χ1n) is 8.89. The molecule has 28 heavy (non-hydrogen) atoms. The van der Waals surface area contributed by atoms with E-state index < -0.39 is 0 Å². The standard InChI is InChI=1S/C18H20ClN7OS/c1-4-14(27)26-8-11(6-10(26)3)21-17-15-12(19)7-20-16(15)23-18(24-17)22-13-5-9(2)25-28-13/h4-5,7,10-11H,1,6,8H2,2-3H3,(H3,20,21,22,23,24)/t10-,11+/m0/s1. The predicted octanol–water partition coefficient (Wildman–Crippen LogP) is 3.71. The molecule has 3 N–H and O–H groups in total. The zero-order chi connectivity index (χ0) is 19.8. The lowest BCUT2D eigenvalue weighted by Crippen LogP contribution is -2.33. The van der Waals surface area contributed by atoms with E-state index in [1.54, 1.807) is 11.1 Å². The molecule has 146 valence electrons. The highest BCUT2D eigenvalue weighted by Crippen LogP contribution is 2.32. The molecule has 1 aliphatic heterocycles. The van der Waals surface area contributed by atoms with E-state index in [0.717, 1.165) is 22.5 Å². The van der Waals surface area contributed by atoms with Crippen LogP contribution in [0.1, 0.15) is 19.0 Å². The number of nitrogens with zero attached hydrogens (tertiary/aromatic N) is 4. The van der Waals surface area contributed by atoms with Gasteiger partial charge in [0.1, 0.15) is 16.5 Å². The van der Waals surface area contributed by atoms with Crippen LogP contribution in [0.5, 0.6) is 0 Å². The third kappa shape index (κ3) is 3.55. The number of fused-ring (bicyclic) bond motifs is 1. The maximum atomic E-state index is 12.0. The van der Waals surface area contributed by atoms with Gasteiger partial charge >= 0.3 is 0 Å². The number of rotatable bonds is 5. The summed E-state index contributed by atoms with van der Waals surface area (Å²) in [5, 5.41) is 8.77. The molecule has 0 aromatic carbocycles. The Labute approximate surface area is 171 Å². The minimum Gasteiger partial charge on any atom is -0.365 e. The summed E-state index contributed by atoms with van der Waals surface area (Å²) >= 11 is 7.70. The van der Waals surface area contributed by atoms with Gasteiger partial charge < -0.3 is 20.5 Å². The molecule has 0 radical (unpaired) electrons. The summed E-state index contributed by atoms with van der Waals surface area (Å²) in [7, 11) is 0. The average Bonchev–Trinajstić information content (AvgIpc) is 3.34. The van der Waals surface area contributed by atoms with Crippen LogP contribution in [0.4, 0.5) is 16.8 Å². The number of hydrogen-bond donors (Lipinski definition) is 3. The minimum absolute atomic E-state index is 0.0569. The molecule has 0 saturated carbocycles. The molecule has 10 heteroatoms. The summed E-state index contributed by atoms with van der Waals surface area (Å²) in [4.78, 5) is 26.0. The quantitative estimate of drug-likeness (QED) is 0.547. The van der Waals surface area contributed by atoms with E-state index in [2.05, 4.69) is 36.5 Å². The first kappa shape index (κ1) is 18.7. The Morgan fingerprint density at radius 3 is 3.04 bits per heavy atom. The molecule has 1 amide bonds. The second kappa shape index (κ2) is 7.40. The molecule has 4 heterocycles. The number of amides is 1.